The molecule has 0 aromatic carbocycles. The highest BCUT2D eigenvalue weighted by Crippen LogP contribution is 2.15. The molecule has 0 radical (unpaired) electrons. The van der Waals surface area contributed by atoms with Gasteiger partial charge in [-0.15, -0.1) is 0 Å². The fraction of sp³-hybridized carbons (Fsp3) is 0.700. The van der Waals surface area contributed by atoms with E-state index in [2.05, 4.69) is 15.4 Å². The first-order valence-electron chi connectivity index (χ1n) is 5.34. The molecule has 2 heterocycles. The van der Waals surface area contributed by atoms with Crippen LogP contribution in [0.15, 0.2) is 6.33 Å². The molecule has 2 rings (SSSR count). The van der Waals surface area contributed by atoms with Crippen molar-refractivity contribution in [2.24, 2.45) is 5.92 Å². The quantitative estimate of drug-likeness (QED) is 0.741. The molecule has 0 spiro atoms. The molecule has 0 amide bonds. The number of nitrogens with one attached hydrogen (secondary N) is 1. The molecular weight excluding hydrogens is 192 g/mol. The van der Waals surface area contributed by atoms with Gasteiger partial charge in [0.1, 0.15) is 6.33 Å². The minimum atomic E-state index is 0.0756. The van der Waals surface area contributed by atoms with Crippen LogP contribution in [0.5, 0.6) is 0 Å². The molecule has 5 nitrogen and oxygen atoms in total. The van der Waals surface area contributed by atoms with Crippen LogP contribution in [0.25, 0.3) is 0 Å². The second-order valence-electron chi connectivity index (χ2n) is 4.18. The van der Waals surface area contributed by atoms with Gasteiger partial charge in [0, 0.05) is 18.5 Å². The van der Waals surface area contributed by atoms with Gasteiger partial charge in [-0.05, 0) is 26.8 Å². The third-order valence-electron chi connectivity index (χ3n) is 2.71. The van der Waals surface area contributed by atoms with Crippen molar-refractivity contribution in [2.75, 3.05) is 13.1 Å². The van der Waals surface area contributed by atoms with Gasteiger partial charge in [-0.3, -0.25) is 4.79 Å². The van der Waals surface area contributed by atoms with Gasteiger partial charge < -0.3 is 5.32 Å². The van der Waals surface area contributed by atoms with Crippen LogP contribution in [-0.4, -0.2) is 33.6 Å². The normalized spacial score (nSPS) is 21.1. The summed E-state index contributed by atoms with van der Waals surface area (Å²) in [5.41, 5.74) is 0. The highest BCUT2D eigenvalue weighted by atomic mass is 16.1. The summed E-state index contributed by atoms with van der Waals surface area (Å²) in [6.45, 7) is 5.69. The summed E-state index contributed by atoms with van der Waals surface area (Å²) in [4.78, 5) is 16.1. The predicted octanol–water partition coefficient (Wildman–Crippen LogP) is 0.651. The van der Waals surface area contributed by atoms with Gasteiger partial charge in [0.05, 0.1) is 0 Å². The van der Waals surface area contributed by atoms with Crippen LogP contribution in [0.1, 0.15) is 36.9 Å². The van der Waals surface area contributed by atoms with E-state index in [1.807, 2.05) is 13.8 Å². The summed E-state index contributed by atoms with van der Waals surface area (Å²) in [6.07, 6.45) is 2.36. The topological polar surface area (TPSA) is 59.8 Å². The largest absolute Gasteiger partial charge is 0.316 e. The summed E-state index contributed by atoms with van der Waals surface area (Å²) in [7, 11) is 0. The maximum absolute atomic E-state index is 12.1. The van der Waals surface area contributed by atoms with E-state index in [1.165, 1.54) is 6.33 Å². The number of ketones is 1. The Morgan fingerprint density at radius 3 is 3.07 bits per heavy atom. The van der Waals surface area contributed by atoms with Gasteiger partial charge in [-0.1, -0.05) is 0 Å². The van der Waals surface area contributed by atoms with Crippen LogP contribution >= 0.6 is 0 Å². The lowest BCUT2D eigenvalue weighted by atomic mass is 10.0. The molecule has 1 aromatic rings. The van der Waals surface area contributed by atoms with Gasteiger partial charge in [0.15, 0.2) is 5.82 Å². The summed E-state index contributed by atoms with van der Waals surface area (Å²) in [5, 5.41) is 7.26. The molecule has 1 unspecified atom stereocenters. The average Bonchev–Trinajstić information content (AvgIpc) is 2.88. The number of carbonyl (C=O) groups is 1. The first kappa shape index (κ1) is 10.3. The number of rotatable bonds is 3. The maximum Gasteiger partial charge on any atom is 0.204 e. The van der Waals surface area contributed by atoms with Crippen molar-refractivity contribution in [1.29, 1.82) is 0 Å². The summed E-state index contributed by atoms with van der Waals surface area (Å²) in [5.74, 6) is 0.691. The lowest BCUT2D eigenvalue weighted by Gasteiger charge is -2.10. The molecule has 1 saturated heterocycles. The predicted molar refractivity (Wildman–Crippen MR) is 55.7 cm³/mol. The molecule has 1 aromatic heterocycles. The highest BCUT2D eigenvalue weighted by molar-refractivity contribution is 5.95. The smallest absolute Gasteiger partial charge is 0.204 e. The van der Waals surface area contributed by atoms with Gasteiger partial charge >= 0.3 is 0 Å². The van der Waals surface area contributed by atoms with Crippen molar-refractivity contribution in [2.45, 2.75) is 26.3 Å². The second kappa shape index (κ2) is 4.10. The Balaban J connectivity index is 2.20. The Labute approximate surface area is 88.9 Å². The first-order chi connectivity index (χ1) is 7.20. The van der Waals surface area contributed by atoms with E-state index >= 15 is 0 Å². The van der Waals surface area contributed by atoms with Crippen LogP contribution in [0.3, 0.4) is 0 Å². The molecule has 1 fully saturated rings. The van der Waals surface area contributed by atoms with Crippen molar-refractivity contribution < 1.29 is 4.79 Å². The summed E-state index contributed by atoms with van der Waals surface area (Å²) < 4.78 is 1.70. The minimum Gasteiger partial charge on any atom is -0.316 e. The monoisotopic (exact) mass is 208 g/mol. The van der Waals surface area contributed by atoms with Crippen LogP contribution in [0, 0.1) is 5.92 Å². The van der Waals surface area contributed by atoms with E-state index in [1.54, 1.807) is 4.68 Å². The lowest BCUT2D eigenvalue weighted by molar-refractivity contribution is 0.0912. The van der Waals surface area contributed by atoms with Crippen molar-refractivity contribution in [3.63, 3.8) is 0 Å². The fourth-order valence-corrected chi connectivity index (χ4v) is 1.87. The van der Waals surface area contributed by atoms with Gasteiger partial charge in [0.2, 0.25) is 5.78 Å². The third kappa shape index (κ3) is 1.92. The molecule has 1 aliphatic rings. The SMILES string of the molecule is CC(C)n1ncnc1C(=O)C1CCNC1. The van der Waals surface area contributed by atoms with Gasteiger partial charge in [-0.25, -0.2) is 9.67 Å². The number of hydrogen-bond acceptors (Lipinski definition) is 4. The highest BCUT2D eigenvalue weighted by Gasteiger charge is 2.27. The van der Waals surface area contributed by atoms with E-state index in [0.29, 0.717) is 5.82 Å². The molecule has 1 atom stereocenters. The Hall–Kier alpha value is -1.23. The minimum absolute atomic E-state index is 0.0756. The van der Waals surface area contributed by atoms with E-state index in [0.717, 1.165) is 19.5 Å². The standard InChI is InChI=1S/C10H16N4O/c1-7(2)14-10(12-6-13-14)9(15)8-3-4-11-5-8/h6-8,11H,3-5H2,1-2H3. The lowest BCUT2D eigenvalue weighted by Crippen LogP contribution is -2.22. The van der Waals surface area contributed by atoms with Crippen molar-refractivity contribution in [3.8, 4) is 0 Å². The molecule has 0 bridgehead atoms. The Morgan fingerprint density at radius 1 is 1.67 bits per heavy atom. The second-order valence-corrected chi connectivity index (χ2v) is 4.18. The third-order valence-corrected chi connectivity index (χ3v) is 2.71. The Bertz CT molecular complexity index is 352. The van der Waals surface area contributed by atoms with Gasteiger partial charge in [-0.2, -0.15) is 5.10 Å². The number of hydrogen-bond donors (Lipinski definition) is 1. The number of carbonyl (C=O) groups excluding carboxylic acids is 1. The van der Waals surface area contributed by atoms with Gasteiger partial charge in [0.25, 0.3) is 0 Å². The zero-order chi connectivity index (χ0) is 10.8. The zero-order valence-electron chi connectivity index (χ0n) is 9.10. The molecular formula is C10H16N4O. The molecule has 0 aliphatic carbocycles. The van der Waals surface area contributed by atoms with Crippen LogP contribution in [-0.2, 0) is 0 Å². The summed E-state index contributed by atoms with van der Waals surface area (Å²) >= 11 is 0. The van der Waals surface area contributed by atoms with Crippen molar-refractivity contribution in [3.05, 3.63) is 12.2 Å². The Morgan fingerprint density at radius 2 is 2.47 bits per heavy atom. The van der Waals surface area contributed by atoms with Crippen molar-refractivity contribution in [1.82, 2.24) is 20.1 Å². The Kier molecular flexibility index (Phi) is 2.81. The van der Waals surface area contributed by atoms with E-state index in [4.69, 9.17) is 0 Å². The molecule has 15 heavy (non-hydrogen) atoms. The summed E-state index contributed by atoms with van der Waals surface area (Å²) in [6, 6.07) is 0.181. The molecule has 82 valence electrons. The molecule has 1 aliphatic heterocycles. The molecule has 1 N–H and O–H groups in total. The molecule has 0 saturated carbocycles. The zero-order valence-corrected chi connectivity index (χ0v) is 9.10. The van der Waals surface area contributed by atoms with Crippen molar-refractivity contribution >= 4 is 5.78 Å². The number of Topliss-reactive ketones (excluding diaryl/α,β-unsaturated/α-hetero) is 1. The fourth-order valence-electron chi connectivity index (χ4n) is 1.87. The van der Waals surface area contributed by atoms with Crippen LogP contribution in [0.2, 0.25) is 0 Å². The molecule has 5 heteroatoms. The average molecular weight is 208 g/mol. The maximum atomic E-state index is 12.1. The van der Waals surface area contributed by atoms with Crippen LogP contribution < -0.4 is 5.32 Å². The number of nitrogens with zero attached hydrogens (tertiary/aromatic N) is 3. The first-order valence-corrected chi connectivity index (χ1v) is 5.34. The van der Waals surface area contributed by atoms with Crippen LogP contribution in [0.4, 0.5) is 0 Å². The number of aromatic nitrogens is 3. The van der Waals surface area contributed by atoms with E-state index in [9.17, 15) is 4.79 Å². The van der Waals surface area contributed by atoms with E-state index in [-0.39, 0.29) is 17.7 Å². The van der Waals surface area contributed by atoms with E-state index < -0.39 is 0 Å².